The number of hydrogen-bond donors (Lipinski definition) is 0. The van der Waals surface area contributed by atoms with Gasteiger partial charge >= 0.3 is 6.18 Å². The number of halogens is 3. The van der Waals surface area contributed by atoms with Crippen molar-refractivity contribution < 1.29 is 21.6 Å². The fourth-order valence-electron chi connectivity index (χ4n) is 2.77. The van der Waals surface area contributed by atoms with Gasteiger partial charge < -0.3 is 4.90 Å². The molecule has 9 heteroatoms. The molecule has 0 unspecified atom stereocenters. The van der Waals surface area contributed by atoms with Gasteiger partial charge in [-0.05, 0) is 56.4 Å². The summed E-state index contributed by atoms with van der Waals surface area (Å²) in [5, 5.41) is 0.662. The molecular formula is C18H18F3N3O2S. The van der Waals surface area contributed by atoms with Crippen LogP contribution in [0.2, 0.25) is 0 Å². The minimum Gasteiger partial charge on any atom is -0.309 e. The lowest BCUT2D eigenvalue weighted by Gasteiger charge is -2.10. The third kappa shape index (κ3) is 3.84. The summed E-state index contributed by atoms with van der Waals surface area (Å²) in [5.74, 6) is 0. The first-order valence-electron chi connectivity index (χ1n) is 8.13. The minimum atomic E-state index is -4.63. The van der Waals surface area contributed by atoms with Gasteiger partial charge in [0.15, 0.2) is 5.65 Å². The highest BCUT2D eigenvalue weighted by atomic mass is 32.2. The zero-order chi connectivity index (χ0) is 19.8. The molecule has 5 nitrogen and oxygen atoms in total. The zero-order valence-corrected chi connectivity index (χ0v) is 15.5. The predicted octanol–water partition coefficient (Wildman–Crippen LogP) is 3.40. The normalized spacial score (nSPS) is 12.8. The van der Waals surface area contributed by atoms with Crippen LogP contribution in [0.3, 0.4) is 0 Å². The molecule has 3 aromatic rings. The monoisotopic (exact) mass is 397 g/mol. The molecule has 2 heterocycles. The van der Waals surface area contributed by atoms with Gasteiger partial charge in [0.25, 0.3) is 10.0 Å². The molecule has 0 radical (unpaired) electrons. The summed E-state index contributed by atoms with van der Waals surface area (Å²) in [6.45, 7) is 0.692. The number of fused-ring (bicyclic) bond motifs is 1. The number of likely N-dealkylation sites (N-methyl/N-ethyl adjacent to an activating group) is 1. The lowest BCUT2D eigenvalue weighted by Crippen LogP contribution is -2.15. The number of benzene rings is 1. The Morgan fingerprint density at radius 3 is 2.56 bits per heavy atom. The van der Waals surface area contributed by atoms with Crippen LogP contribution in [0.4, 0.5) is 13.2 Å². The molecule has 0 amide bonds. The largest absolute Gasteiger partial charge is 0.416 e. The second kappa shape index (κ2) is 6.97. The van der Waals surface area contributed by atoms with Gasteiger partial charge in [-0.3, -0.25) is 0 Å². The van der Waals surface area contributed by atoms with E-state index in [0.717, 1.165) is 27.7 Å². The molecule has 0 aliphatic carbocycles. The van der Waals surface area contributed by atoms with E-state index in [1.807, 2.05) is 19.0 Å². The summed E-state index contributed by atoms with van der Waals surface area (Å²) in [5.41, 5.74) is -0.0492. The van der Waals surface area contributed by atoms with Crippen molar-refractivity contribution in [2.24, 2.45) is 0 Å². The zero-order valence-electron chi connectivity index (χ0n) is 14.7. The number of aromatic nitrogens is 2. The highest BCUT2D eigenvalue weighted by molar-refractivity contribution is 7.90. The van der Waals surface area contributed by atoms with Crippen LogP contribution >= 0.6 is 0 Å². The van der Waals surface area contributed by atoms with Crippen LogP contribution < -0.4 is 0 Å². The van der Waals surface area contributed by atoms with Crippen LogP contribution in [0.25, 0.3) is 11.0 Å². The summed E-state index contributed by atoms with van der Waals surface area (Å²) in [6.07, 6.45) is -1.15. The Hall–Kier alpha value is -2.39. The number of nitrogens with zero attached hydrogens (tertiary/aromatic N) is 3. The third-order valence-electron chi connectivity index (χ3n) is 4.16. The van der Waals surface area contributed by atoms with E-state index >= 15 is 0 Å². The summed E-state index contributed by atoms with van der Waals surface area (Å²) in [4.78, 5) is 5.67. The SMILES string of the molecule is CN(C)CCc1cn(S(=O)(=O)c2cccc(C(F)(F)F)c2)c2ncccc12. The number of alkyl halides is 3. The predicted molar refractivity (Wildman–Crippen MR) is 96.0 cm³/mol. The first-order chi connectivity index (χ1) is 12.6. The molecule has 2 aromatic heterocycles. The first kappa shape index (κ1) is 19.4. The van der Waals surface area contributed by atoms with Gasteiger partial charge in [0, 0.05) is 24.3 Å². The molecule has 0 atom stereocenters. The van der Waals surface area contributed by atoms with Crippen molar-refractivity contribution in [3.63, 3.8) is 0 Å². The van der Waals surface area contributed by atoms with Crippen molar-refractivity contribution in [1.82, 2.24) is 13.9 Å². The molecule has 0 aliphatic heterocycles. The maximum absolute atomic E-state index is 13.0. The van der Waals surface area contributed by atoms with E-state index < -0.39 is 26.7 Å². The van der Waals surface area contributed by atoms with E-state index in [1.54, 1.807) is 12.1 Å². The molecule has 0 aliphatic rings. The molecule has 144 valence electrons. The number of pyridine rings is 1. The topological polar surface area (TPSA) is 55.2 Å². The van der Waals surface area contributed by atoms with Crippen molar-refractivity contribution in [3.8, 4) is 0 Å². The molecule has 0 fully saturated rings. The van der Waals surface area contributed by atoms with E-state index in [0.29, 0.717) is 24.4 Å². The average molecular weight is 397 g/mol. The van der Waals surface area contributed by atoms with Crippen LogP contribution in [0, 0.1) is 0 Å². The Bertz CT molecular complexity index is 1070. The van der Waals surface area contributed by atoms with Gasteiger partial charge in [0.1, 0.15) is 0 Å². The maximum atomic E-state index is 13.0. The van der Waals surface area contributed by atoms with E-state index in [2.05, 4.69) is 4.98 Å². The molecule has 27 heavy (non-hydrogen) atoms. The molecule has 3 rings (SSSR count). The van der Waals surface area contributed by atoms with Crippen molar-refractivity contribution in [2.45, 2.75) is 17.5 Å². The standard InChI is InChI=1S/C18H18F3N3O2S/c1-23(2)10-8-13-12-24(17-16(13)7-4-9-22-17)27(25,26)15-6-3-5-14(11-15)18(19,20)21/h3-7,9,11-12H,8,10H2,1-2H3. The van der Waals surface area contributed by atoms with Gasteiger partial charge in [-0.15, -0.1) is 0 Å². The van der Waals surface area contributed by atoms with Gasteiger partial charge in [0.05, 0.1) is 10.5 Å². The van der Waals surface area contributed by atoms with Crippen molar-refractivity contribution in [2.75, 3.05) is 20.6 Å². The summed E-state index contributed by atoms with van der Waals surface area (Å²) < 4.78 is 65.9. The second-order valence-electron chi connectivity index (χ2n) is 6.41. The quantitative estimate of drug-likeness (QED) is 0.662. The van der Waals surface area contributed by atoms with Gasteiger partial charge in [-0.2, -0.15) is 13.2 Å². The average Bonchev–Trinajstić information content (AvgIpc) is 2.99. The van der Waals surface area contributed by atoms with Crippen LogP contribution in [0.1, 0.15) is 11.1 Å². The third-order valence-corrected chi connectivity index (χ3v) is 5.81. The van der Waals surface area contributed by atoms with E-state index in [9.17, 15) is 21.6 Å². The van der Waals surface area contributed by atoms with Crippen molar-refractivity contribution >= 4 is 21.1 Å². The summed E-state index contributed by atoms with van der Waals surface area (Å²) in [7, 11) is -0.426. The highest BCUT2D eigenvalue weighted by Gasteiger charge is 2.32. The smallest absolute Gasteiger partial charge is 0.309 e. The Morgan fingerprint density at radius 2 is 1.89 bits per heavy atom. The summed E-state index contributed by atoms with van der Waals surface area (Å²) in [6, 6.07) is 7.17. The lowest BCUT2D eigenvalue weighted by atomic mass is 10.1. The second-order valence-corrected chi connectivity index (χ2v) is 8.22. The van der Waals surface area contributed by atoms with Crippen LogP contribution in [0.15, 0.2) is 53.7 Å². The van der Waals surface area contributed by atoms with Crippen molar-refractivity contribution in [3.05, 3.63) is 59.9 Å². The van der Waals surface area contributed by atoms with Crippen LogP contribution in [-0.2, 0) is 22.6 Å². The van der Waals surface area contributed by atoms with Gasteiger partial charge in [-0.1, -0.05) is 6.07 Å². The van der Waals surface area contributed by atoms with E-state index in [1.165, 1.54) is 12.4 Å². The molecule has 0 bridgehead atoms. The Kier molecular flexibility index (Phi) is 5.00. The van der Waals surface area contributed by atoms with E-state index in [-0.39, 0.29) is 5.65 Å². The molecule has 0 saturated carbocycles. The van der Waals surface area contributed by atoms with Crippen LogP contribution in [0.5, 0.6) is 0 Å². The fraction of sp³-hybridized carbons (Fsp3) is 0.278. The van der Waals surface area contributed by atoms with Gasteiger partial charge in [0.2, 0.25) is 0 Å². The number of hydrogen-bond acceptors (Lipinski definition) is 4. The molecule has 0 saturated heterocycles. The Balaban J connectivity index is 2.14. The van der Waals surface area contributed by atoms with Crippen molar-refractivity contribution in [1.29, 1.82) is 0 Å². The summed E-state index contributed by atoms with van der Waals surface area (Å²) >= 11 is 0. The lowest BCUT2D eigenvalue weighted by molar-refractivity contribution is -0.137. The molecular weight excluding hydrogens is 379 g/mol. The Morgan fingerprint density at radius 1 is 1.15 bits per heavy atom. The molecule has 0 N–H and O–H groups in total. The maximum Gasteiger partial charge on any atom is 0.416 e. The molecule has 0 spiro atoms. The first-order valence-corrected chi connectivity index (χ1v) is 9.57. The Labute approximate surface area is 155 Å². The fourth-order valence-corrected chi connectivity index (χ4v) is 4.16. The highest BCUT2D eigenvalue weighted by Crippen LogP contribution is 2.32. The molecule has 1 aromatic carbocycles. The van der Waals surface area contributed by atoms with Gasteiger partial charge in [-0.25, -0.2) is 17.4 Å². The van der Waals surface area contributed by atoms with Crippen LogP contribution in [-0.4, -0.2) is 42.9 Å². The minimum absolute atomic E-state index is 0.198. The number of rotatable bonds is 5. The van der Waals surface area contributed by atoms with E-state index in [4.69, 9.17) is 0 Å².